The summed E-state index contributed by atoms with van der Waals surface area (Å²) in [4.78, 5) is 12.9. The lowest BCUT2D eigenvalue weighted by atomic mass is 10.1. The monoisotopic (exact) mass is 572 g/mol. The van der Waals surface area contributed by atoms with E-state index in [0.717, 1.165) is 31.2 Å². The van der Waals surface area contributed by atoms with Gasteiger partial charge < -0.3 is 18.9 Å². The normalized spacial score (nSPS) is 11.7. The molecule has 0 aliphatic heterocycles. The Morgan fingerprint density at radius 2 is 1.14 bits per heavy atom. The van der Waals surface area contributed by atoms with Crippen LogP contribution >= 0.6 is 0 Å². The molecule has 2 rings (SSSR count). The van der Waals surface area contributed by atoms with Crippen molar-refractivity contribution in [2.24, 2.45) is 0 Å². The van der Waals surface area contributed by atoms with Gasteiger partial charge in [-0.1, -0.05) is 46.6 Å². The Morgan fingerprint density at radius 3 is 1.64 bits per heavy atom. The van der Waals surface area contributed by atoms with Crippen LogP contribution in [0.1, 0.15) is 83.1 Å². The number of allylic oxidation sites excluding steroid dienone is 7. The van der Waals surface area contributed by atoms with E-state index in [4.69, 9.17) is 18.9 Å². The third kappa shape index (κ3) is 12.7. The highest BCUT2D eigenvalue weighted by molar-refractivity contribution is 6.07. The van der Waals surface area contributed by atoms with Crippen LogP contribution in [0.15, 0.2) is 89.1 Å². The number of hydrogen-bond acceptors (Lipinski definition) is 5. The molecule has 0 aromatic heterocycles. The number of rotatable bonds is 17. The molecule has 0 atom stereocenters. The maximum atomic E-state index is 12.9. The fourth-order valence-corrected chi connectivity index (χ4v) is 4.04. The van der Waals surface area contributed by atoms with Crippen LogP contribution in [0.2, 0.25) is 0 Å². The number of methoxy groups -OCH3 is 2. The molecule has 0 bridgehead atoms. The maximum Gasteiger partial charge on any atom is 0.185 e. The van der Waals surface area contributed by atoms with E-state index >= 15 is 0 Å². The Bertz CT molecular complexity index is 1320. The summed E-state index contributed by atoms with van der Waals surface area (Å²) in [5, 5.41) is 0. The first-order valence-corrected chi connectivity index (χ1v) is 14.5. The highest BCUT2D eigenvalue weighted by atomic mass is 16.5. The highest BCUT2D eigenvalue weighted by Crippen LogP contribution is 2.30. The Morgan fingerprint density at radius 1 is 0.643 bits per heavy atom. The minimum Gasteiger partial charge on any atom is -0.493 e. The van der Waals surface area contributed by atoms with Gasteiger partial charge in [-0.05, 0) is 121 Å². The molecule has 5 heteroatoms. The summed E-state index contributed by atoms with van der Waals surface area (Å²) in [7, 11) is 3.18. The van der Waals surface area contributed by atoms with Crippen LogP contribution in [0.5, 0.6) is 23.0 Å². The molecule has 0 aliphatic carbocycles. The van der Waals surface area contributed by atoms with Crippen LogP contribution in [0.3, 0.4) is 0 Å². The number of carbonyl (C=O) groups excluding carboxylic acids is 1. The molecule has 2 aromatic rings. The maximum absolute atomic E-state index is 12.9. The van der Waals surface area contributed by atoms with Gasteiger partial charge in [-0.15, -0.1) is 0 Å². The van der Waals surface area contributed by atoms with Gasteiger partial charge in [0.15, 0.2) is 28.8 Å². The van der Waals surface area contributed by atoms with Gasteiger partial charge in [0.2, 0.25) is 0 Å². The predicted molar refractivity (Wildman–Crippen MR) is 175 cm³/mol. The summed E-state index contributed by atoms with van der Waals surface area (Å²) in [6.45, 7) is 13.6. The van der Waals surface area contributed by atoms with Gasteiger partial charge in [-0.25, -0.2) is 0 Å². The molecule has 42 heavy (non-hydrogen) atoms. The number of ketones is 1. The van der Waals surface area contributed by atoms with Crippen LogP contribution in [-0.2, 0) is 0 Å². The minimum absolute atomic E-state index is 0.136. The highest BCUT2D eigenvalue weighted by Gasteiger charge is 2.10. The smallest absolute Gasteiger partial charge is 0.185 e. The third-order valence-corrected chi connectivity index (χ3v) is 6.59. The van der Waals surface area contributed by atoms with Crippen molar-refractivity contribution in [3.05, 3.63) is 100 Å². The predicted octanol–water partition coefficient (Wildman–Crippen LogP) is 9.74. The average molecular weight is 573 g/mol. The first kappa shape index (κ1) is 34.2. The second-order valence-corrected chi connectivity index (χ2v) is 10.8. The van der Waals surface area contributed by atoms with E-state index < -0.39 is 0 Å². The number of hydrogen-bond donors (Lipinski definition) is 0. The van der Waals surface area contributed by atoms with Gasteiger partial charge in [0.05, 0.1) is 14.2 Å². The molecule has 0 aliphatic rings. The summed E-state index contributed by atoms with van der Waals surface area (Å²) in [6.07, 6.45) is 16.0. The lowest BCUT2D eigenvalue weighted by Gasteiger charge is -2.11. The Balaban J connectivity index is 1.99. The van der Waals surface area contributed by atoms with Gasteiger partial charge in [0.25, 0.3) is 0 Å². The van der Waals surface area contributed by atoms with Gasteiger partial charge in [0.1, 0.15) is 13.2 Å². The zero-order valence-electron chi connectivity index (χ0n) is 26.7. The Labute approximate surface area is 253 Å². The summed E-state index contributed by atoms with van der Waals surface area (Å²) in [6, 6.07) is 10.9. The van der Waals surface area contributed by atoms with Crippen LogP contribution < -0.4 is 18.9 Å². The number of ether oxygens (including phenoxy) is 4. The van der Waals surface area contributed by atoms with Gasteiger partial charge in [-0.2, -0.15) is 0 Å². The summed E-state index contributed by atoms with van der Waals surface area (Å²) < 4.78 is 22.9. The fourth-order valence-electron chi connectivity index (χ4n) is 4.04. The van der Waals surface area contributed by atoms with Crippen molar-refractivity contribution in [2.75, 3.05) is 27.4 Å². The molecule has 0 spiro atoms. The SMILES string of the molecule is COc1cc(/C=C/C(=O)c2ccc(OC/C=C(\C)CCC=C(C)C)c(OC)c2)ccc1OC/C=C(\C)CCC=C(C)C. The van der Waals surface area contributed by atoms with E-state index in [2.05, 4.69) is 65.8 Å². The molecule has 0 unspecified atom stereocenters. The molecule has 226 valence electrons. The molecule has 2 aromatic carbocycles. The zero-order chi connectivity index (χ0) is 30.9. The lowest BCUT2D eigenvalue weighted by Crippen LogP contribution is -2.00. The first-order chi connectivity index (χ1) is 20.1. The average Bonchev–Trinajstić information content (AvgIpc) is 2.96. The van der Waals surface area contributed by atoms with Crippen LogP contribution in [0.25, 0.3) is 6.08 Å². The van der Waals surface area contributed by atoms with Crippen LogP contribution in [0, 0.1) is 0 Å². The molecule has 0 N–H and O–H groups in total. The Hall–Kier alpha value is -3.99. The van der Waals surface area contributed by atoms with Crippen LogP contribution in [0.4, 0.5) is 0 Å². The second kappa shape index (κ2) is 18.4. The topological polar surface area (TPSA) is 54.0 Å². The van der Waals surface area contributed by atoms with Crippen molar-refractivity contribution in [3.8, 4) is 23.0 Å². The number of carbonyl (C=O) groups is 1. The van der Waals surface area contributed by atoms with Gasteiger partial charge in [0, 0.05) is 5.56 Å². The molecular formula is C37H48O5. The molecular weight excluding hydrogens is 524 g/mol. The molecule has 0 heterocycles. The lowest BCUT2D eigenvalue weighted by molar-refractivity contribution is 0.104. The van der Waals surface area contributed by atoms with Gasteiger partial charge >= 0.3 is 0 Å². The molecule has 5 nitrogen and oxygen atoms in total. The molecule has 0 saturated heterocycles. The molecule has 0 saturated carbocycles. The van der Waals surface area contributed by atoms with E-state index in [1.165, 1.54) is 22.3 Å². The van der Waals surface area contributed by atoms with Gasteiger partial charge in [-0.3, -0.25) is 4.79 Å². The van der Waals surface area contributed by atoms with E-state index in [9.17, 15) is 4.79 Å². The van der Waals surface area contributed by atoms with E-state index in [0.29, 0.717) is 41.8 Å². The fraction of sp³-hybridized carbons (Fsp3) is 0.378. The third-order valence-electron chi connectivity index (χ3n) is 6.59. The molecule has 0 fully saturated rings. The van der Waals surface area contributed by atoms with Crippen molar-refractivity contribution < 1.29 is 23.7 Å². The van der Waals surface area contributed by atoms with E-state index in [1.54, 1.807) is 44.6 Å². The standard InChI is InChI=1S/C37H48O5/c1-27(2)11-9-13-29(5)21-23-41-34-19-16-31(25-36(34)39-7)15-18-33(38)32-17-20-35(37(26-32)40-8)42-24-22-30(6)14-10-12-28(3)4/h11-12,15-22,25-26H,9-10,13-14,23-24H2,1-8H3/b18-15+,29-21+,30-22+. The molecule has 0 radical (unpaired) electrons. The van der Waals surface area contributed by atoms with Crippen molar-refractivity contribution in [3.63, 3.8) is 0 Å². The van der Waals surface area contributed by atoms with Crippen molar-refractivity contribution in [2.45, 2.75) is 67.2 Å². The summed E-state index contributed by atoms with van der Waals surface area (Å²) in [5.74, 6) is 2.26. The summed E-state index contributed by atoms with van der Waals surface area (Å²) in [5.41, 5.74) is 6.58. The van der Waals surface area contributed by atoms with Crippen molar-refractivity contribution >= 4 is 11.9 Å². The summed E-state index contributed by atoms with van der Waals surface area (Å²) >= 11 is 0. The van der Waals surface area contributed by atoms with Crippen molar-refractivity contribution in [1.82, 2.24) is 0 Å². The van der Waals surface area contributed by atoms with E-state index in [-0.39, 0.29) is 5.78 Å². The van der Waals surface area contributed by atoms with Crippen molar-refractivity contribution in [1.29, 1.82) is 0 Å². The minimum atomic E-state index is -0.136. The largest absolute Gasteiger partial charge is 0.493 e. The first-order valence-electron chi connectivity index (χ1n) is 14.5. The number of benzene rings is 2. The van der Waals surface area contributed by atoms with Crippen LogP contribution in [-0.4, -0.2) is 33.2 Å². The molecule has 0 amide bonds. The zero-order valence-corrected chi connectivity index (χ0v) is 26.7. The second-order valence-electron chi connectivity index (χ2n) is 10.8. The van der Waals surface area contributed by atoms with E-state index in [1.807, 2.05) is 18.2 Å². The quantitative estimate of drug-likeness (QED) is 0.107. The Kier molecular flexibility index (Phi) is 15.0.